The van der Waals surface area contributed by atoms with Crippen LogP contribution in [0.4, 0.5) is 10.5 Å². The molecule has 2 N–H and O–H groups in total. The van der Waals surface area contributed by atoms with E-state index in [1.54, 1.807) is 0 Å². The molecule has 6 rings (SSSR count). The Labute approximate surface area is 209 Å². The van der Waals surface area contributed by atoms with Crippen molar-refractivity contribution in [2.45, 2.75) is 12.0 Å². The topological polar surface area (TPSA) is 58.6 Å². The molecule has 0 saturated heterocycles. The second kappa shape index (κ2) is 9.33. The molecule has 0 spiro atoms. The minimum Gasteiger partial charge on any atom is -0.448 e. The van der Waals surface area contributed by atoms with E-state index in [9.17, 15) is 9.90 Å². The predicted octanol–water partition coefficient (Wildman–Crippen LogP) is 7.28. The van der Waals surface area contributed by atoms with E-state index in [0.717, 1.165) is 27.5 Å². The lowest BCUT2D eigenvalue weighted by atomic mass is 9.96. The second-order valence-electron chi connectivity index (χ2n) is 9.05. The van der Waals surface area contributed by atoms with Crippen LogP contribution >= 0.6 is 0 Å². The zero-order valence-electron chi connectivity index (χ0n) is 19.6. The standard InChI is InChI=1S/C32H25NO3/c34-31(21-10-2-1-3-11-21)28-18-22-12-4-5-13-23(22)19-30(28)33-32(35)36-20-29-26-16-8-6-14-24(26)25-15-7-9-17-27(25)29/h1-19,29,31,34H,20H2,(H,33,35). The third-order valence-corrected chi connectivity index (χ3v) is 6.91. The number of fused-ring (bicyclic) bond motifs is 4. The van der Waals surface area contributed by atoms with Crippen LogP contribution in [0.3, 0.4) is 0 Å². The highest BCUT2D eigenvalue weighted by Gasteiger charge is 2.29. The average Bonchev–Trinajstić information content (AvgIpc) is 3.25. The number of hydrogen-bond acceptors (Lipinski definition) is 3. The van der Waals surface area contributed by atoms with Crippen LogP contribution in [0.25, 0.3) is 21.9 Å². The number of anilines is 1. The Morgan fingerprint density at radius 3 is 1.97 bits per heavy atom. The Balaban J connectivity index is 1.27. The van der Waals surface area contributed by atoms with Crippen molar-refractivity contribution in [2.24, 2.45) is 0 Å². The molecule has 0 saturated carbocycles. The van der Waals surface area contributed by atoms with Crippen LogP contribution in [-0.2, 0) is 4.74 Å². The molecule has 0 aromatic heterocycles. The number of amides is 1. The molecule has 0 radical (unpaired) electrons. The van der Waals surface area contributed by atoms with Crippen molar-refractivity contribution in [3.8, 4) is 11.1 Å². The van der Waals surface area contributed by atoms with E-state index < -0.39 is 12.2 Å². The minimum absolute atomic E-state index is 0.0193. The number of ether oxygens (including phenoxy) is 1. The van der Waals surface area contributed by atoms with Gasteiger partial charge < -0.3 is 9.84 Å². The highest BCUT2D eigenvalue weighted by atomic mass is 16.5. The average molecular weight is 472 g/mol. The van der Waals surface area contributed by atoms with Gasteiger partial charge in [-0.15, -0.1) is 0 Å². The molecule has 0 fully saturated rings. The number of aliphatic hydroxyl groups is 1. The maximum Gasteiger partial charge on any atom is 0.411 e. The first-order chi connectivity index (χ1) is 17.7. The molecule has 1 aliphatic rings. The normalized spacial score (nSPS) is 13.1. The lowest BCUT2D eigenvalue weighted by molar-refractivity contribution is 0.158. The van der Waals surface area contributed by atoms with E-state index >= 15 is 0 Å². The third-order valence-electron chi connectivity index (χ3n) is 6.91. The van der Waals surface area contributed by atoms with Crippen LogP contribution in [0.2, 0.25) is 0 Å². The second-order valence-corrected chi connectivity index (χ2v) is 9.05. The van der Waals surface area contributed by atoms with Crippen molar-refractivity contribution in [2.75, 3.05) is 11.9 Å². The number of hydrogen-bond donors (Lipinski definition) is 2. The van der Waals surface area contributed by atoms with Gasteiger partial charge in [-0.1, -0.05) is 103 Å². The fourth-order valence-electron chi connectivity index (χ4n) is 5.15. The van der Waals surface area contributed by atoms with E-state index in [1.807, 2.05) is 91.0 Å². The maximum absolute atomic E-state index is 13.0. The van der Waals surface area contributed by atoms with Gasteiger partial charge in [0.25, 0.3) is 0 Å². The third kappa shape index (κ3) is 4.02. The van der Waals surface area contributed by atoms with Crippen LogP contribution in [0.5, 0.6) is 0 Å². The molecule has 0 heterocycles. The zero-order valence-corrected chi connectivity index (χ0v) is 19.6. The summed E-state index contributed by atoms with van der Waals surface area (Å²) in [5.74, 6) is -0.0193. The summed E-state index contributed by atoms with van der Waals surface area (Å²) in [6.07, 6.45) is -1.44. The number of benzene rings is 5. The van der Waals surface area contributed by atoms with Crippen molar-refractivity contribution >= 4 is 22.6 Å². The van der Waals surface area contributed by atoms with Crippen LogP contribution < -0.4 is 5.32 Å². The first-order valence-corrected chi connectivity index (χ1v) is 12.1. The zero-order chi connectivity index (χ0) is 24.5. The molecule has 0 aliphatic heterocycles. The summed E-state index contributed by atoms with van der Waals surface area (Å²) in [4.78, 5) is 13.0. The lowest BCUT2D eigenvalue weighted by Crippen LogP contribution is -2.19. The maximum atomic E-state index is 13.0. The highest BCUT2D eigenvalue weighted by molar-refractivity contribution is 5.93. The summed E-state index contributed by atoms with van der Waals surface area (Å²) in [5, 5.41) is 16.0. The van der Waals surface area contributed by atoms with Crippen molar-refractivity contribution in [3.63, 3.8) is 0 Å². The molecule has 4 heteroatoms. The largest absolute Gasteiger partial charge is 0.448 e. The van der Waals surface area contributed by atoms with Crippen LogP contribution in [0.15, 0.2) is 115 Å². The molecule has 1 amide bonds. The Morgan fingerprint density at radius 1 is 0.750 bits per heavy atom. The van der Waals surface area contributed by atoms with Gasteiger partial charge in [0.05, 0.1) is 5.69 Å². The molecular weight excluding hydrogens is 446 g/mol. The molecule has 5 aromatic rings. The summed E-state index contributed by atoms with van der Waals surface area (Å²) in [6, 6.07) is 37.6. The number of rotatable bonds is 5. The molecule has 176 valence electrons. The molecule has 1 aliphatic carbocycles. The van der Waals surface area contributed by atoms with Crippen molar-refractivity contribution in [3.05, 3.63) is 138 Å². The molecule has 1 unspecified atom stereocenters. The van der Waals surface area contributed by atoms with Gasteiger partial charge in [-0.3, -0.25) is 5.32 Å². The monoisotopic (exact) mass is 471 g/mol. The summed E-state index contributed by atoms with van der Waals surface area (Å²) in [6.45, 7) is 0.226. The number of nitrogens with one attached hydrogen (secondary N) is 1. The number of carbonyl (C=O) groups excluding carboxylic acids is 1. The van der Waals surface area contributed by atoms with Gasteiger partial charge in [0, 0.05) is 11.5 Å². The van der Waals surface area contributed by atoms with Gasteiger partial charge in [-0.2, -0.15) is 0 Å². The van der Waals surface area contributed by atoms with E-state index in [1.165, 1.54) is 11.1 Å². The summed E-state index contributed by atoms with van der Waals surface area (Å²) in [5.41, 5.74) is 6.60. The Hall–Kier alpha value is -4.41. The van der Waals surface area contributed by atoms with Crippen LogP contribution in [-0.4, -0.2) is 17.8 Å². The van der Waals surface area contributed by atoms with E-state index in [-0.39, 0.29) is 12.5 Å². The van der Waals surface area contributed by atoms with Gasteiger partial charge in [0.1, 0.15) is 12.7 Å². The van der Waals surface area contributed by atoms with E-state index in [0.29, 0.717) is 11.3 Å². The van der Waals surface area contributed by atoms with Gasteiger partial charge in [0.2, 0.25) is 0 Å². The van der Waals surface area contributed by atoms with E-state index in [4.69, 9.17) is 4.74 Å². The fourth-order valence-corrected chi connectivity index (χ4v) is 5.15. The number of carbonyl (C=O) groups is 1. The van der Waals surface area contributed by atoms with Crippen molar-refractivity contribution < 1.29 is 14.6 Å². The molecule has 5 aromatic carbocycles. The molecule has 1 atom stereocenters. The van der Waals surface area contributed by atoms with Crippen LogP contribution in [0.1, 0.15) is 34.3 Å². The van der Waals surface area contributed by atoms with Crippen molar-refractivity contribution in [1.82, 2.24) is 0 Å². The minimum atomic E-state index is -0.889. The van der Waals surface area contributed by atoms with Gasteiger partial charge >= 0.3 is 6.09 Å². The first-order valence-electron chi connectivity index (χ1n) is 12.1. The molecule has 0 bridgehead atoms. The summed E-state index contributed by atoms with van der Waals surface area (Å²) >= 11 is 0. The Bertz CT molecular complexity index is 1520. The van der Waals surface area contributed by atoms with Gasteiger partial charge in [-0.25, -0.2) is 4.79 Å². The molecule has 4 nitrogen and oxygen atoms in total. The summed E-state index contributed by atoms with van der Waals surface area (Å²) in [7, 11) is 0. The van der Waals surface area contributed by atoms with Gasteiger partial charge in [0.15, 0.2) is 0 Å². The highest BCUT2D eigenvalue weighted by Crippen LogP contribution is 2.44. The quantitative estimate of drug-likeness (QED) is 0.283. The molecule has 36 heavy (non-hydrogen) atoms. The summed E-state index contributed by atoms with van der Waals surface area (Å²) < 4.78 is 5.76. The van der Waals surface area contributed by atoms with Gasteiger partial charge in [-0.05, 0) is 50.7 Å². The smallest absolute Gasteiger partial charge is 0.411 e. The number of aliphatic hydroxyl groups excluding tert-OH is 1. The van der Waals surface area contributed by atoms with Crippen LogP contribution in [0, 0.1) is 0 Å². The first kappa shape index (κ1) is 22.1. The SMILES string of the molecule is O=C(Nc1cc2ccccc2cc1C(O)c1ccccc1)OCC1c2ccccc2-c2ccccc21. The Kier molecular flexibility index (Phi) is 5.72. The van der Waals surface area contributed by atoms with Crippen molar-refractivity contribution in [1.29, 1.82) is 0 Å². The predicted molar refractivity (Wildman–Crippen MR) is 143 cm³/mol. The lowest BCUT2D eigenvalue weighted by Gasteiger charge is -2.19. The fraction of sp³-hybridized carbons (Fsp3) is 0.0938. The molecular formula is C32H25NO3. The Morgan fingerprint density at radius 2 is 1.31 bits per heavy atom. The van der Waals surface area contributed by atoms with E-state index in [2.05, 4.69) is 29.6 Å².